The maximum absolute atomic E-state index is 11.6. The summed E-state index contributed by atoms with van der Waals surface area (Å²) in [4.78, 5) is 26.5. The fourth-order valence-corrected chi connectivity index (χ4v) is 1.90. The fourth-order valence-electron chi connectivity index (χ4n) is 1.33. The molecular formula is C10H16N4O3S. The van der Waals surface area contributed by atoms with Crippen LogP contribution in [0.15, 0.2) is 0 Å². The topological polar surface area (TPSA) is 104 Å². The number of carboxylic acid groups (broad SMARTS) is 1. The molecular weight excluding hydrogens is 256 g/mol. The van der Waals surface area contributed by atoms with E-state index in [0.29, 0.717) is 17.4 Å². The van der Waals surface area contributed by atoms with E-state index in [1.807, 2.05) is 13.8 Å². The SMILES string of the molecule is Cc1nsc(NC(=O)NC(CC(C)C)C(=O)O)n1. The molecule has 8 heteroatoms. The van der Waals surface area contributed by atoms with Crippen molar-refractivity contribution >= 4 is 28.7 Å². The Balaban J connectivity index is 2.53. The molecule has 1 heterocycles. The number of hydrogen-bond donors (Lipinski definition) is 3. The molecule has 2 amide bonds. The van der Waals surface area contributed by atoms with Gasteiger partial charge in [-0.25, -0.2) is 14.6 Å². The minimum atomic E-state index is -1.05. The smallest absolute Gasteiger partial charge is 0.326 e. The summed E-state index contributed by atoms with van der Waals surface area (Å²) in [6, 6.07) is -1.49. The van der Waals surface area contributed by atoms with Gasteiger partial charge in [-0.1, -0.05) is 13.8 Å². The van der Waals surface area contributed by atoms with Crippen LogP contribution in [0.1, 0.15) is 26.1 Å². The highest BCUT2D eigenvalue weighted by Gasteiger charge is 2.21. The van der Waals surface area contributed by atoms with Gasteiger partial charge in [0.2, 0.25) is 5.13 Å². The van der Waals surface area contributed by atoms with E-state index in [-0.39, 0.29) is 5.92 Å². The third kappa shape index (κ3) is 4.66. The maximum atomic E-state index is 11.6. The van der Waals surface area contributed by atoms with Crippen LogP contribution >= 0.6 is 11.5 Å². The molecule has 0 bridgehead atoms. The van der Waals surface area contributed by atoms with Crippen LogP contribution in [0.3, 0.4) is 0 Å². The second kappa shape index (κ2) is 6.29. The lowest BCUT2D eigenvalue weighted by Crippen LogP contribution is -2.43. The fraction of sp³-hybridized carbons (Fsp3) is 0.600. The summed E-state index contributed by atoms with van der Waals surface area (Å²) < 4.78 is 3.90. The summed E-state index contributed by atoms with van der Waals surface area (Å²) in [5.74, 6) is -0.310. The summed E-state index contributed by atoms with van der Waals surface area (Å²) in [5, 5.41) is 14.2. The molecule has 0 aliphatic carbocycles. The van der Waals surface area contributed by atoms with Crippen LogP contribution in [-0.2, 0) is 4.79 Å². The number of carbonyl (C=O) groups excluding carboxylic acids is 1. The number of amides is 2. The van der Waals surface area contributed by atoms with E-state index >= 15 is 0 Å². The zero-order valence-electron chi connectivity index (χ0n) is 10.4. The number of aromatic nitrogens is 2. The van der Waals surface area contributed by atoms with Gasteiger partial charge in [-0.3, -0.25) is 5.32 Å². The van der Waals surface area contributed by atoms with E-state index in [1.165, 1.54) is 0 Å². The lowest BCUT2D eigenvalue weighted by molar-refractivity contribution is -0.139. The second-order valence-electron chi connectivity index (χ2n) is 4.27. The number of hydrogen-bond acceptors (Lipinski definition) is 5. The highest BCUT2D eigenvalue weighted by molar-refractivity contribution is 7.09. The van der Waals surface area contributed by atoms with Crippen LogP contribution in [-0.4, -0.2) is 32.5 Å². The molecule has 0 spiro atoms. The van der Waals surface area contributed by atoms with Crippen molar-refractivity contribution in [3.63, 3.8) is 0 Å². The Labute approximate surface area is 109 Å². The predicted octanol–water partition coefficient (Wildman–Crippen LogP) is 1.47. The molecule has 18 heavy (non-hydrogen) atoms. The van der Waals surface area contributed by atoms with Crippen molar-refractivity contribution in [2.24, 2.45) is 5.92 Å². The molecule has 0 radical (unpaired) electrons. The molecule has 100 valence electrons. The lowest BCUT2D eigenvalue weighted by Gasteiger charge is -2.16. The highest BCUT2D eigenvalue weighted by atomic mass is 32.1. The third-order valence-electron chi connectivity index (χ3n) is 2.06. The van der Waals surface area contributed by atoms with Crippen molar-refractivity contribution in [1.29, 1.82) is 0 Å². The molecule has 3 N–H and O–H groups in total. The summed E-state index contributed by atoms with van der Waals surface area (Å²) in [6.07, 6.45) is 0.373. The van der Waals surface area contributed by atoms with Crippen LogP contribution in [0.25, 0.3) is 0 Å². The molecule has 1 atom stereocenters. The first-order valence-electron chi connectivity index (χ1n) is 5.49. The van der Waals surface area contributed by atoms with E-state index < -0.39 is 18.0 Å². The van der Waals surface area contributed by atoms with Crippen LogP contribution in [0.4, 0.5) is 9.93 Å². The van der Waals surface area contributed by atoms with Crippen LogP contribution in [0.2, 0.25) is 0 Å². The first-order valence-corrected chi connectivity index (χ1v) is 6.26. The molecule has 1 aromatic heterocycles. The largest absolute Gasteiger partial charge is 0.480 e. The summed E-state index contributed by atoms with van der Waals surface area (Å²) in [7, 11) is 0. The van der Waals surface area contributed by atoms with Gasteiger partial charge >= 0.3 is 12.0 Å². The van der Waals surface area contributed by atoms with Crippen LogP contribution in [0.5, 0.6) is 0 Å². The quantitative estimate of drug-likeness (QED) is 0.753. The number of nitrogens with zero attached hydrogens (tertiary/aromatic N) is 2. The Hall–Kier alpha value is -1.70. The Bertz CT molecular complexity index is 433. The zero-order valence-corrected chi connectivity index (χ0v) is 11.2. The average molecular weight is 272 g/mol. The first-order chi connectivity index (χ1) is 8.38. The Kier molecular flexibility index (Phi) is 5.02. The number of rotatable bonds is 5. The van der Waals surface area contributed by atoms with Gasteiger partial charge in [0, 0.05) is 11.5 Å². The summed E-state index contributed by atoms with van der Waals surface area (Å²) in [6.45, 7) is 5.49. The minimum absolute atomic E-state index is 0.176. The van der Waals surface area contributed by atoms with Crippen molar-refractivity contribution in [2.45, 2.75) is 33.2 Å². The van der Waals surface area contributed by atoms with Gasteiger partial charge in [-0.05, 0) is 19.3 Å². The minimum Gasteiger partial charge on any atom is -0.480 e. The Morgan fingerprint density at radius 2 is 2.11 bits per heavy atom. The van der Waals surface area contributed by atoms with Crippen LogP contribution < -0.4 is 10.6 Å². The Morgan fingerprint density at radius 3 is 2.56 bits per heavy atom. The van der Waals surface area contributed by atoms with E-state index in [9.17, 15) is 9.59 Å². The van der Waals surface area contributed by atoms with E-state index in [0.717, 1.165) is 11.5 Å². The number of urea groups is 1. The van der Waals surface area contributed by atoms with Gasteiger partial charge in [0.25, 0.3) is 0 Å². The third-order valence-corrected chi connectivity index (χ3v) is 2.78. The number of carboxylic acids is 1. The first kappa shape index (κ1) is 14.4. The highest BCUT2D eigenvalue weighted by Crippen LogP contribution is 2.10. The summed E-state index contributed by atoms with van der Waals surface area (Å²) in [5.41, 5.74) is 0. The normalized spacial score (nSPS) is 12.2. The van der Waals surface area contributed by atoms with E-state index in [4.69, 9.17) is 5.11 Å². The monoisotopic (exact) mass is 272 g/mol. The van der Waals surface area contributed by atoms with Crippen molar-refractivity contribution in [3.8, 4) is 0 Å². The number of aliphatic carboxylic acids is 1. The number of aryl methyl sites for hydroxylation is 1. The zero-order chi connectivity index (χ0) is 13.7. The molecule has 0 saturated carbocycles. The van der Waals surface area contributed by atoms with E-state index in [1.54, 1.807) is 6.92 Å². The molecule has 7 nitrogen and oxygen atoms in total. The number of carbonyl (C=O) groups is 2. The second-order valence-corrected chi connectivity index (χ2v) is 5.02. The van der Waals surface area contributed by atoms with Gasteiger partial charge in [-0.15, -0.1) is 0 Å². The molecule has 1 aromatic rings. The molecule has 0 aliphatic heterocycles. The van der Waals surface area contributed by atoms with Crippen LogP contribution in [0, 0.1) is 12.8 Å². The van der Waals surface area contributed by atoms with Crippen molar-refractivity contribution < 1.29 is 14.7 Å². The summed E-state index contributed by atoms with van der Waals surface area (Å²) >= 11 is 1.05. The van der Waals surface area contributed by atoms with E-state index in [2.05, 4.69) is 20.0 Å². The predicted molar refractivity (Wildman–Crippen MR) is 67.7 cm³/mol. The Morgan fingerprint density at radius 1 is 1.44 bits per heavy atom. The standard InChI is InChI=1S/C10H16N4O3S/c1-5(2)4-7(8(15)16)12-9(17)13-10-11-6(3)14-18-10/h5,7H,4H2,1-3H3,(H,15,16)(H2,11,12,13,14,17). The molecule has 1 unspecified atom stereocenters. The molecule has 0 aromatic carbocycles. The van der Waals surface area contributed by atoms with Crippen molar-refractivity contribution in [1.82, 2.24) is 14.7 Å². The van der Waals surface area contributed by atoms with Gasteiger partial charge in [0.15, 0.2) is 0 Å². The maximum Gasteiger partial charge on any atom is 0.326 e. The van der Waals surface area contributed by atoms with Crippen molar-refractivity contribution in [3.05, 3.63) is 5.82 Å². The van der Waals surface area contributed by atoms with Gasteiger partial charge in [0.05, 0.1) is 0 Å². The van der Waals surface area contributed by atoms with Gasteiger partial charge < -0.3 is 10.4 Å². The molecule has 0 fully saturated rings. The molecule has 0 aliphatic rings. The average Bonchev–Trinajstić information content (AvgIpc) is 2.62. The molecule has 0 saturated heterocycles. The number of nitrogens with one attached hydrogen (secondary N) is 2. The lowest BCUT2D eigenvalue weighted by atomic mass is 10.0. The van der Waals surface area contributed by atoms with Crippen molar-refractivity contribution in [2.75, 3.05) is 5.32 Å². The van der Waals surface area contributed by atoms with Gasteiger partial charge in [-0.2, -0.15) is 4.37 Å². The molecule has 1 rings (SSSR count). The number of anilines is 1. The van der Waals surface area contributed by atoms with Gasteiger partial charge in [0.1, 0.15) is 11.9 Å².